The molecule has 1 atom stereocenters. The number of aromatic nitrogens is 3. The molecule has 0 spiro atoms. The van der Waals surface area contributed by atoms with Crippen LogP contribution >= 0.6 is 0 Å². The Morgan fingerprint density at radius 3 is 2.74 bits per heavy atom. The number of hydrogen-bond acceptors (Lipinski definition) is 7. The molecule has 1 aromatic rings. The van der Waals surface area contributed by atoms with Gasteiger partial charge in [-0.05, 0) is 27.4 Å². The Bertz CT molecular complexity index is 425. The highest BCUT2D eigenvalue weighted by Gasteiger charge is 2.26. The van der Waals surface area contributed by atoms with E-state index in [0.29, 0.717) is 30.6 Å². The van der Waals surface area contributed by atoms with Gasteiger partial charge in [-0.25, -0.2) is 0 Å². The molecule has 0 radical (unpaired) electrons. The van der Waals surface area contributed by atoms with Crippen LogP contribution in [-0.2, 0) is 0 Å². The number of ether oxygens (including phenoxy) is 1. The molecule has 7 heteroatoms. The van der Waals surface area contributed by atoms with Crippen LogP contribution in [0.5, 0.6) is 6.01 Å². The highest BCUT2D eigenvalue weighted by atomic mass is 16.5. The molecule has 1 saturated heterocycles. The van der Waals surface area contributed by atoms with Crippen LogP contribution < -0.4 is 15.0 Å². The summed E-state index contributed by atoms with van der Waals surface area (Å²) in [6, 6.07) is 0.926. The quantitative estimate of drug-likeness (QED) is 0.830. The van der Waals surface area contributed by atoms with Gasteiger partial charge in [-0.2, -0.15) is 15.0 Å². The van der Waals surface area contributed by atoms with Crippen LogP contribution in [0.4, 0.5) is 11.9 Å². The van der Waals surface area contributed by atoms with Crippen molar-refractivity contribution < 1.29 is 4.74 Å². The largest absolute Gasteiger partial charge is 0.464 e. The maximum atomic E-state index is 5.38. The molecule has 2 heterocycles. The van der Waals surface area contributed by atoms with E-state index in [2.05, 4.69) is 44.2 Å². The third kappa shape index (κ3) is 3.23. The summed E-state index contributed by atoms with van der Waals surface area (Å²) >= 11 is 0. The second-order valence-electron chi connectivity index (χ2n) is 4.78. The summed E-state index contributed by atoms with van der Waals surface area (Å²) < 4.78 is 5.38. The zero-order chi connectivity index (χ0) is 13.8. The molecule has 0 saturated carbocycles. The third-order valence-corrected chi connectivity index (χ3v) is 3.28. The molecule has 0 aromatic carbocycles. The number of likely N-dealkylation sites (N-methyl/N-ethyl adjacent to an activating group) is 1. The van der Waals surface area contributed by atoms with Gasteiger partial charge in [0.25, 0.3) is 0 Å². The van der Waals surface area contributed by atoms with Gasteiger partial charge >= 0.3 is 6.01 Å². The summed E-state index contributed by atoms with van der Waals surface area (Å²) in [6.07, 6.45) is 1.12. The van der Waals surface area contributed by atoms with Crippen LogP contribution in [-0.4, -0.2) is 66.7 Å². The molecule has 1 aromatic heterocycles. The predicted octanol–water partition coefficient (Wildman–Crippen LogP) is 0.452. The Morgan fingerprint density at radius 2 is 2.16 bits per heavy atom. The van der Waals surface area contributed by atoms with Crippen LogP contribution in [0.2, 0.25) is 0 Å². The first kappa shape index (κ1) is 13.8. The summed E-state index contributed by atoms with van der Waals surface area (Å²) in [5.74, 6) is 1.23. The summed E-state index contributed by atoms with van der Waals surface area (Å²) in [5, 5.41) is 2.94. The van der Waals surface area contributed by atoms with E-state index in [1.165, 1.54) is 0 Å². The fraction of sp³-hybridized carbons (Fsp3) is 0.750. The molecule has 1 fully saturated rings. The number of anilines is 2. The molecule has 0 aliphatic carbocycles. The van der Waals surface area contributed by atoms with Crippen molar-refractivity contribution in [3.05, 3.63) is 0 Å². The van der Waals surface area contributed by atoms with Crippen molar-refractivity contribution in [2.24, 2.45) is 0 Å². The second-order valence-corrected chi connectivity index (χ2v) is 4.78. The topological polar surface area (TPSA) is 66.4 Å². The van der Waals surface area contributed by atoms with Crippen molar-refractivity contribution in [2.45, 2.75) is 19.4 Å². The van der Waals surface area contributed by atoms with Gasteiger partial charge in [0.15, 0.2) is 0 Å². The smallest absolute Gasteiger partial charge is 0.323 e. The number of nitrogens with zero attached hydrogens (tertiary/aromatic N) is 5. The maximum absolute atomic E-state index is 5.38. The molecule has 1 unspecified atom stereocenters. The van der Waals surface area contributed by atoms with Crippen molar-refractivity contribution in [1.82, 2.24) is 19.9 Å². The minimum absolute atomic E-state index is 0.380. The lowest BCUT2D eigenvalue weighted by molar-refractivity contribution is 0.310. The summed E-state index contributed by atoms with van der Waals surface area (Å²) in [6.45, 7) is 4.36. The van der Waals surface area contributed by atoms with Gasteiger partial charge < -0.3 is 19.9 Å². The number of rotatable bonds is 5. The van der Waals surface area contributed by atoms with E-state index in [1.807, 2.05) is 6.92 Å². The van der Waals surface area contributed by atoms with E-state index >= 15 is 0 Å². The average molecular weight is 266 g/mol. The summed E-state index contributed by atoms with van der Waals surface area (Å²) in [7, 11) is 6.00. The first-order valence-electron chi connectivity index (χ1n) is 6.62. The van der Waals surface area contributed by atoms with Gasteiger partial charge in [-0.3, -0.25) is 0 Å². The van der Waals surface area contributed by atoms with Crippen molar-refractivity contribution in [3.8, 4) is 6.01 Å². The monoisotopic (exact) mass is 266 g/mol. The van der Waals surface area contributed by atoms with Gasteiger partial charge in [0.1, 0.15) is 0 Å². The van der Waals surface area contributed by atoms with Crippen LogP contribution in [0.25, 0.3) is 0 Å². The molecule has 106 valence electrons. The van der Waals surface area contributed by atoms with E-state index in [1.54, 1.807) is 7.05 Å². The van der Waals surface area contributed by atoms with Gasteiger partial charge in [-0.15, -0.1) is 0 Å². The Kier molecular flexibility index (Phi) is 4.36. The highest BCUT2D eigenvalue weighted by Crippen LogP contribution is 2.21. The van der Waals surface area contributed by atoms with Gasteiger partial charge in [0, 0.05) is 26.2 Å². The second kappa shape index (κ2) is 6.01. The molecule has 1 aliphatic rings. The number of nitrogens with one attached hydrogen (secondary N) is 1. The molecule has 0 amide bonds. The average Bonchev–Trinajstić information content (AvgIpc) is 2.88. The normalized spacial score (nSPS) is 19.0. The Hall–Kier alpha value is -1.63. The molecule has 19 heavy (non-hydrogen) atoms. The lowest BCUT2D eigenvalue weighted by Crippen LogP contribution is -2.32. The van der Waals surface area contributed by atoms with Crippen LogP contribution in [0.3, 0.4) is 0 Å². The molecule has 0 bridgehead atoms. The van der Waals surface area contributed by atoms with E-state index in [0.717, 1.165) is 19.5 Å². The van der Waals surface area contributed by atoms with Crippen LogP contribution in [0, 0.1) is 0 Å². The SMILES string of the molecule is CCOc1nc(NC)nc(N2CCC(N(C)C)C2)n1. The Balaban J connectivity index is 2.17. The minimum atomic E-state index is 0.380. The lowest BCUT2D eigenvalue weighted by atomic mass is 10.2. The van der Waals surface area contributed by atoms with E-state index in [-0.39, 0.29) is 0 Å². The van der Waals surface area contributed by atoms with Crippen molar-refractivity contribution >= 4 is 11.9 Å². The molecule has 7 nitrogen and oxygen atoms in total. The zero-order valence-electron chi connectivity index (χ0n) is 12.1. The fourth-order valence-electron chi connectivity index (χ4n) is 2.14. The predicted molar refractivity (Wildman–Crippen MR) is 74.8 cm³/mol. The van der Waals surface area contributed by atoms with E-state index in [9.17, 15) is 0 Å². The maximum Gasteiger partial charge on any atom is 0.323 e. The Morgan fingerprint density at radius 1 is 1.37 bits per heavy atom. The van der Waals surface area contributed by atoms with Crippen molar-refractivity contribution in [3.63, 3.8) is 0 Å². The van der Waals surface area contributed by atoms with Crippen LogP contribution in [0.1, 0.15) is 13.3 Å². The van der Waals surface area contributed by atoms with Crippen LogP contribution in [0.15, 0.2) is 0 Å². The van der Waals surface area contributed by atoms with E-state index < -0.39 is 0 Å². The van der Waals surface area contributed by atoms with Gasteiger partial charge in [0.05, 0.1) is 6.61 Å². The molecule has 2 rings (SSSR count). The molecular weight excluding hydrogens is 244 g/mol. The zero-order valence-corrected chi connectivity index (χ0v) is 12.1. The minimum Gasteiger partial charge on any atom is -0.464 e. The standard InChI is InChI=1S/C12H22N6O/c1-5-19-12-15-10(13-2)14-11(16-12)18-7-6-9(8-18)17(3)4/h9H,5-8H2,1-4H3,(H,13,14,15,16). The third-order valence-electron chi connectivity index (χ3n) is 3.28. The van der Waals surface area contributed by atoms with E-state index in [4.69, 9.17) is 4.74 Å². The molecule has 1 aliphatic heterocycles. The van der Waals surface area contributed by atoms with Crippen molar-refractivity contribution in [1.29, 1.82) is 0 Å². The first-order chi connectivity index (χ1) is 9.13. The highest BCUT2D eigenvalue weighted by molar-refractivity contribution is 5.39. The van der Waals surface area contributed by atoms with Gasteiger partial charge in [0.2, 0.25) is 11.9 Å². The molecule has 1 N–H and O–H groups in total. The number of hydrogen-bond donors (Lipinski definition) is 1. The Labute approximate surface area is 114 Å². The molecular formula is C12H22N6O. The summed E-state index contributed by atoms with van der Waals surface area (Å²) in [5.41, 5.74) is 0. The lowest BCUT2D eigenvalue weighted by Gasteiger charge is -2.20. The van der Waals surface area contributed by atoms with Gasteiger partial charge in [-0.1, -0.05) is 0 Å². The van der Waals surface area contributed by atoms with Crippen molar-refractivity contribution in [2.75, 3.05) is 51.1 Å². The summed E-state index contributed by atoms with van der Waals surface area (Å²) in [4.78, 5) is 17.4. The fourth-order valence-corrected chi connectivity index (χ4v) is 2.14. The first-order valence-corrected chi connectivity index (χ1v) is 6.62.